The van der Waals surface area contributed by atoms with Crippen molar-refractivity contribution in [3.63, 3.8) is 0 Å². The second-order valence-corrected chi connectivity index (χ2v) is 4.57. The van der Waals surface area contributed by atoms with E-state index in [1.807, 2.05) is 0 Å². The molecule has 2 rings (SSSR count). The van der Waals surface area contributed by atoms with Gasteiger partial charge in [0, 0.05) is 24.9 Å². The zero-order valence-electron chi connectivity index (χ0n) is 9.38. The lowest BCUT2D eigenvalue weighted by Gasteiger charge is -2.21. The third-order valence-electron chi connectivity index (χ3n) is 3.10. The molecule has 0 spiro atoms. The fourth-order valence-corrected chi connectivity index (χ4v) is 2.46. The molecule has 1 heterocycles. The lowest BCUT2D eigenvalue weighted by atomic mass is 9.86. The fraction of sp³-hybridized carbons (Fsp3) is 0.538. The van der Waals surface area contributed by atoms with Crippen molar-refractivity contribution in [2.75, 3.05) is 0 Å². The predicted octanol–water partition coefficient (Wildman–Crippen LogP) is 3.41. The van der Waals surface area contributed by atoms with Gasteiger partial charge < -0.3 is 4.57 Å². The predicted molar refractivity (Wildman–Crippen MR) is 60.5 cm³/mol. The second-order valence-electron chi connectivity index (χ2n) is 4.57. The number of nitrogens with zero attached hydrogens (tertiary/aromatic N) is 1. The van der Waals surface area contributed by atoms with Gasteiger partial charge in [-0.2, -0.15) is 0 Å². The molecule has 76 valence electrons. The van der Waals surface area contributed by atoms with Crippen molar-refractivity contribution in [1.29, 1.82) is 0 Å². The van der Waals surface area contributed by atoms with E-state index in [2.05, 4.69) is 43.8 Å². The number of hydrogen-bond donors (Lipinski definition) is 0. The highest BCUT2D eigenvalue weighted by Crippen LogP contribution is 2.33. The lowest BCUT2D eigenvalue weighted by Crippen LogP contribution is -2.09. The van der Waals surface area contributed by atoms with Crippen LogP contribution in [0.1, 0.15) is 43.9 Å². The highest BCUT2D eigenvalue weighted by atomic mass is 14.9. The van der Waals surface area contributed by atoms with E-state index in [9.17, 15) is 0 Å². The van der Waals surface area contributed by atoms with Gasteiger partial charge in [-0.1, -0.05) is 11.6 Å². The first-order valence-corrected chi connectivity index (χ1v) is 5.47. The smallest absolute Gasteiger partial charge is 0.0209 e. The molecule has 0 N–H and O–H groups in total. The third-order valence-corrected chi connectivity index (χ3v) is 3.10. The first kappa shape index (κ1) is 9.57. The highest BCUT2D eigenvalue weighted by Gasteiger charge is 2.20. The fourth-order valence-electron chi connectivity index (χ4n) is 2.46. The molecule has 0 saturated heterocycles. The van der Waals surface area contributed by atoms with Gasteiger partial charge in [0.1, 0.15) is 0 Å². The quantitative estimate of drug-likeness (QED) is 0.597. The zero-order chi connectivity index (χ0) is 10.1. The number of aromatic nitrogens is 1. The Morgan fingerprint density at radius 2 is 2.29 bits per heavy atom. The summed E-state index contributed by atoms with van der Waals surface area (Å²) in [5, 5.41) is 0. The molecule has 0 radical (unpaired) electrons. The summed E-state index contributed by atoms with van der Waals surface area (Å²) >= 11 is 0. The van der Waals surface area contributed by atoms with Crippen LogP contribution in [0.5, 0.6) is 0 Å². The molecule has 1 aromatic rings. The summed E-state index contributed by atoms with van der Waals surface area (Å²) in [6.45, 7) is 4.38. The van der Waals surface area contributed by atoms with Crippen molar-refractivity contribution in [3.8, 4) is 0 Å². The number of aryl methyl sites for hydroxylation is 1. The van der Waals surface area contributed by atoms with E-state index in [1.165, 1.54) is 24.8 Å². The van der Waals surface area contributed by atoms with E-state index in [0.717, 1.165) is 0 Å². The number of rotatable bonds is 1. The summed E-state index contributed by atoms with van der Waals surface area (Å²) in [5.41, 5.74) is 4.53. The maximum absolute atomic E-state index is 2.41. The minimum absolute atomic E-state index is 0.671. The van der Waals surface area contributed by atoms with Crippen LogP contribution >= 0.6 is 0 Å². The molecule has 1 atom stereocenters. The van der Waals surface area contributed by atoms with Crippen molar-refractivity contribution < 1.29 is 0 Å². The molecule has 1 aliphatic carbocycles. The number of fused-ring (bicyclic) bond motifs is 1. The number of allylic oxidation sites excluding steroid dienone is 2. The van der Waals surface area contributed by atoms with Gasteiger partial charge in [-0.25, -0.2) is 0 Å². The van der Waals surface area contributed by atoms with E-state index in [4.69, 9.17) is 0 Å². The van der Waals surface area contributed by atoms with E-state index >= 15 is 0 Å². The van der Waals surface area contributed by atoms with Crippen LogP contribution in [0.2, 0.25) is 0 Å². The van der Waals surface area contributed by atoms with Gasteiger partial charge >= 0.3 is 0 Å². The Labute approximate surface area is 86.4 Å². The molecule has 0 fully saturated rings. The van der Waals surface area contributed by atoms with E-state index < -0.39 is 0 Å². The van der Waals surface area contributed by atoms with Gasteiger partial charge in [-0.05, 0) is 44.7 Å². The first-order valence-electron chi connectivity index (χ1n) is 5.47. The SMILES string of the molecule is CC(C)=CC1CCCc2c1ccn2C. The Morgan fingerprint density at radius 3 is 3.00 bits per heavy atom. The summed E-state index contributed by atoms with van der Waals surface area (Å²) in [4.78, 5) is 0. The van der Waals surface area contributed by atoms with Crippen molar-refractivity contribution in [2.45, 2.75) is 39.0 Å². The van der Waals surface area contributed by atoms with Crippen LogP contribution in [0.15, 0.2) is 23.9 Å². The highest BCUT2D eigenvalue weighted by molar-refractivity contribution is 5.32. The molecule has 14 heavy (non-hydrogen) atoms. The Balaban J connectivity index is 2.36. The average molecular weight is 189 g/mol. The van der Waals surface area contributed by atoms with Crippen LogP contribution < -0.4 is 0 Å². The summed E-state index contributed by atoms with van der Waals surface area (Å²) in [5.74, 6) is 0.671. The van der Waals surface area contributed by atoms with E-state index in [0.29, 0.717) is 5.92 Å². The van der Waals surface area contributed by atoms with Crippen LogP contribution in [0.3, 0.4) is 0 Å². The van der Waals surface area contributed by atoms with Gasteiger partial charge in [0.2, 0.25) is 0 Å². The van der Waals surface area contributed by atoms with Crippen LogP contribution in [-0.4, -0.2) is 4.57 Å². The molecule has 0 aliphatic heterocycles. The standard InChI is InChI=1S/C13H19N/c1-10(2)9-11-5-4-6-13-12(11)7-8-14(13)3/h7-9,11H,4-6H2,1-3H3. The van der Waals surface area contributed by atoms with Gasteiger partial charge in [0.15, 0.2) is 0 Å². The van der Waals surface area contributed by atoms with Gasteiger partial charge in [0.25, 0.3) is 0 Å². The molecule has 1 nitrogen and oxygen atoms in total. The summed E-state index contributed by atoms with van der Waals surface area (Å²) < 4.78 is 2.28. The molecule has 1 aliphatic rings. The van der Waals surface area contributed by atoms with Crippen molar-refractivity contribution in [3.05, 3.63) is 35.2 Å². The van der Waals surface area contributed by atoms with Crippen molar-refractivity contribution in [1.82, 2.24) is 4.57 Å². The average Bonchev–Trinajstić information content (AvgIpc) is 2.49. The molecule has 1 unspecified atom stereocenters. The molecular weight excluding hydrogens is 170 g/mol. The largest absolute Gasteiger partial charge is 0.354 e. The van der Waals surface area contributed by atoms with Gasteiger partial charge in [-0.15, -0.1) is 0 Å². The molecule has 1 heteroatoms. The second kappa shape index (κ2) is 3.64. The normalized spacial score (nSPS) is 20.4. The van der Waals surface area contributed by atoms with E-state index in [1.54, 1.807) is 11.3 Å². The maximum Gasteiger partial charge on any atom is 0.0209 e. The van der Waals surface area contributed by atoms with Crippen LogP contribution in [-0.2, 0) is 13.5 Å². The van der Waals surface area contributed by atoms with Crippen molar-refractivity contribution in [2.24, 2.45) is 7.05 Å². The van der Waals surface area contributed by atoms with Gasteiger partial charge in [-0.3, -0.25) is 0 Å². The topological polar surface area (TPSA) is 4.93 Å². The Kier molecular flexibility index (Phi) is 2.49. The molecule has 1 aromatic heterocycles. The van der Waals surface area contributed by atoms with Crippen LogP contribution in [0.25, 0.3) is 0 Å². The monoisotopic (exact) mass is 189 g/mol. The summed E-state index contributed by atoms with van der Waals surface area (Å²) in [6, 6.07) is 2.29. The molecular formula is C13H19N. The van der Waals surface area contributed by atoms with Crippen LogP contribution in [0.4, 0.5) is 0 Å². The number of hydrogen-bond acceptors (Lipinski definition) is 0. The van der Waals surface area contributed by atoms with Crippen LogP contribution in [0, 0.1) is 0 Å². The molecule has 0 aromatic carbocycles. The third kappa shape index (κ3) is 1.63. The van der Waals surface area contributed by atoms with Gasteiger partial charge in [0.05, 0.1) is 0 Å². The Morgan fingerprint density at radius 1 is 1.50 bits per heavy atom. The zero-order valence-corrected chi connectivity index (χ0v) is 9.38. The first-order chi connectivity index (χ1) is 6.68. The Bertz CT molecular complexity index is 353. The molecule has 0 saturated carbocycles. The van der Waals surface area contributed by atoms with E-state index in [-0.39, 0.29) is 0 Å². The molecule has 0 amide bonds. The molecule has 0 bridgehead atoms. The Hall–Kier alpha value is -0.980. The maximum atomic E-state index is 2.41. The minimum atomic E-state index is 0.671. The lowest BCUT2D eigenvalue weighted by molar-refractivity contribution is 0.602. The summed E-state index contributed by atoms with van der Waals surface area (Å²) in [7, 11) is 2.16. The van der Waals surface area contributed by atoms with Crippen molar-refractivity contribution >= 4 is 0 Å². The summed E-state index contributed by atoms with van der Waals surface area (Å²) in [6.07, 6.45) is 8.52. The minimum Gasteiger partial charge on any atom is -0.354 e.